The van der Waals surface area contributed by atoms with Gasteiger partial charge in [0.25, 0.3) is 11.8 Å². The zero-order valence-electron chi connectivity index (χ0n) is 14.5. The second-order valence-corrected chi connectivity index (χ2v) is 6.70. The van der Waals surface area contributed by atoms with Gasteiger partial charge >= 0.3 is 0 Å². The highest BCUT2D eigenvalue weighted by atomic mass is 35.5. The molecule has 1 heterocycles. The Morgan fingerprint density at radius 1 is 1.24 bits per heavy atom. The van der Waals surface area contributed by atoms with E-state index in [1.54, 1.807) is 24.3 Å². The summed E-state index contributed by atoms with van der Waals surface area (Å²) in [5, 5.41) is 23.0. The fourth-order valence-electron chi connectivity index (χ4n) is 1.98. The summed E-state index contributed by atoms with van der Waals surface area (Å²) >= 11 is 6.06. The van der Waals surface area contributed by atoms with Gasteiger partial charge in [0.1, 0.15) is 0 Å². The van der Waals surface area contributed by atoms with E-state index in [1.165, 1.54) is 0 Å². The van der Waals surface area contributed by atoms with Crippen LogP contribution in [0.25, 0.3) is 0 Å². The fourth-order valence-corrected chi connectivity index (χ4v) is 2.18. The summed E-state index contributed by atoms with van der Waals surface area (Å²) < 4.78 is 0. The molecule has 7 nitrogen and oxygen atoms in total. The molecule has 1 aromatic carbocycles. The number of hydrogen-bond acceptors (Lipinski definition) is 6. The number of halogens is 1. The molecule has 0 fully saturated rings. The number of aromatic nitrogens is 2. The van der Waals surface area contributed by atoms with E-state index in [0.717, 1.165) is 5.56 Å². The van der Waals surface area contributed by atoms with Crippen LogP contribution in [-0.2, 0) is 12.1 Å². The maximum absolute atomic E-state index is 12.4. The van der Waals surface area contributed by atoms with Crippen LogP contribution in [0.15, 0.2) is 24.3 Å². The van der Waals surface area contributed by atoms with Gasteiger partial charge in [-0.15, -0.1) is 0 Å². The van der Waals surface area contributed by atoms with Gasteiger partial charge in [-0.25, -0.2) is 4.98 Å². The predicted octanol–water partition coefficient (Wildman–Crippen LogP) is 2.27. The van der Waals surface area contributed by atoms with Gasteiger partial charge in [-0.1, -0.05) is 29.8 Å². The van der Waals surface area contributed by atoms with Gasteiger partial charge in [0.2, 0.25) is 5.75 Å². The molecule has 0 aliphatic carbocycles. The number of carbonyl (C=O) groups is 1. The Balaban J connectivity index is 2.30. The minimum atomic E-state index is -0.657. The smallest absolute Gasteiger partial charge is 0.274 e. The van der Waals surface area contributed by atoms with Crippen molar-refractivity contribution in [2.45, 2.75) is 25.9 Å². The summed E-state index contributed by atoms with van der Waals surface area (Å²) in [6.45, 7) is 3.84. The Morgan fingerprint density at radius 2 is 1.88 bits per heavy atom. The van der Waals surface area contributed by atoms with Crippen molar-refractivity contribution in [2.24, 2.45) is 0 Å². The SMILES string of the molecule is CN(C)C(C)(C)c1nc(O)c(O)c(C(=O)NCc2ccccc2Cl)n1. The average molecular weight is 365 g/mol. The van der Waals surface area contributed by atoms with Gasteiger partial charge in [-0.05, 0) is 39.6 Å². The summed E-state index contributed by atoms with van der Waals surface area (Å²) in [6, 6.07) is 7.09. The molecule has 0 bridgehead atoms. The lowest BCUT2D eigenvalue weighted by molar-refractivity contribution is 0.0939. The van der Waals surface area contributed by atoms with Crippen molar-refractivity contribution in [3.05, 3.63) is 46.4 Å². The van der Waals surface area contributed by atoms with Gasteiger partial charge in [0.15, 0.2) is 11.5 Å². The van der Waals surface area contributed by atoms with Crippen molar-refractivity contribution in [3.63, 3.8) is 0 Å². The molecule has 2 rings (SSSR count). The Morgan fingerprint density at radius 3 is 2.48 bits per heavy atom. The number of carbonyl (C=O) groups excluding carboxylic acids is 1. The highest BCUT2D eigenvalue weighted by molar-refractivity contribution is 6.31. The molecule has 134 valence electrons. The van der Waals surface area contributed by atoms with Crippen LogP contribution in [0.4, 0.5) is 0 Å². The molecule has 0 unspecified atom stereocenters. The van der Waals surface area contributed by atoms with E-state index in [0.29, 0.717) is 5.02 Å². The predicted molar refractivity (Wildman–Crippen MR) is 94.7 cm³/mol. The lowest BCUT2D eigenvalue weighted by atomic mass is 10.0. The molecule has 0 radical (unpaired) electrons. The molecular weight excluding hydrogens is 344 g/mol. The summed E-state index contributed by atoms with van der Waals surface area (Å²) in [6.07, 6.45) is 0. The molecule has 0 atom stereocenters. The first-order valence-electron chi connectivity index (χ1n) is 7.64. The average Bonchev–Trinajstić information content (AvgIpc) is 2.55. The summed E-state index contributed by atoms with van der Waals surface area (Å²) in [5.74, 6) is -1.71. The number of nitrogens with one attached hydrogen (secondary N) is 1. The van der Waals surface area contributed by atoms with Gasteiger partial charge in [0, 0.05) is 11.6 Å². The molecule has 8 heteroatoms. The first-order valence-corrected chi connectivity index (χ1v) is 8.02. The van der Waals surface area contributed by atoms with Crippen molar-refractivity contribution in [1.29, 1.82) is 0 Å². The van der Waals surface area contributed by atoms with Gasteiger partial charge < -0.3 is 15.5 Å². The monoisotopic (exact) mass is 364 g/mol. The molecule has 1 aromatic heterocycles. The number of nitrogens with zero attached hydrogens (tertiary/aromatic N) is 3. The highest BCUT2D eigenvalue weighted by Crippen LogP contribution is 2.30. The third-order valence-corrected chi connectivity index (χ3v) is 4.51. The Hall–Kier alpha value is -2.38. The van der Waals surface area contributed by atoms with Crippen LogP contribution in [0.2, 0.25) is 5.02 Å². The summed E-state index contributed by atoms with van der Waals surface area (Å²) in [5.41, 5.74) is -0.211. The minimum Gasteiger partial charge on any atom is -0.501 e. The molecule has 0 aliphatic heterocycles. The van der Waals surface area contributed by atoms with Crippen LogP contribution in [0.5, 0.6) is 11.6 Å². The third kappa shape index (κ3) is 4.00. The van der Waals surface area contributed by atoms with Gasteiger partial charge in [-0.3, -0.25) is 9.69 Å². The van der Waals surface area contributed by atoms with E-state index in [9.17, 15) is 15.0 Å². The largest absolute Gasteiger partial charge is 0.501 e. The zero-order valence-corrected chi connectivity index (χ0v) is 15.3. The van der Waals surface area contributed by atoms with Crippen LogP contribution in [-0.4, -0.2) is 45.1 Å². The van der Waals surface area contributed by atoms with Crippen LogP contribution < -0.4 is 5.32 Å². The van der Waals surface area contributed by atoms with Crippen molar-refractivity contribution in [1.82, 2.24) is 20.2 Å². The molecule has 2 aromatic rings. The third-order valence-electron chi connectivity index (χ3n) is 4.14. The Labute approximate surface area is 151 Å². The molecule has 0 aliphatic rings. The number of benzene rings is 1. The zero-order chi connectivity index (χ0) is 18.8. The fraction of sp³-hybridized carbons (Fsp3) is 0.353. The quantitative estimate of drug-likeness (QED) is 0.752. The van der Waals surface area contributed by atoms with Crippen molar-refractivity contribution in [3.8, 4) is 11.6 Å². The molecule has 0 spiro atoms. The normalized spacial score (nSPS) is 11.6. The molecular formula is C17H21ClN4O3. The first-order chi connectivity index (χ1) is 11.6. The Kier molecular flexibility index (Phi) is 5.49. The van der Waals surface area contributed by atoms with Crippen molar-refractivity contribution in [2.75, 3.05) is 14.1 Å². The van der Waals surface area contributed by atoms with E-state index < -0.39 is 23.1 Å². The molecule has 0 saturated carbocycles. The van der Waals surface area contributed by atoms with E-state index in [4.69, 9.17) is 11.6 Å². The van der Waals surface area contributed by atoms with Gasteiger partial charge in [-0.2, -0.15) is 4.98 Å². The van der Waals surface area contributed by atoms with Crippen LogP contribution in [0.1, 0.15) is 35.7 Å². The number of aromatic hydroxyl groups is 2. The number of rotatable bonds is 5. The van der Waals surface area contributed by atoms with E-state index in [2.05, 4.69) is 15.3 Å². The summed E-state index contributed by atoms with van der Waals surface area (Å²) in [4.78, 5) is 22.3. The van der Waals surface area contributed by atoms with Crippen LogP contribution >= 0.6 is 11.6 Å². The molecule has 1 amide bonds. The second kappa shape index (κ2) is 7.25. The first kappa shape index (κ1) is 19.0. The molecule has 25 heavy (non-hydrogen) atoms. The van der Waals surface area contributed by atoms with E-state index >= 15 is 0 Å². The number of amides is 1. The highest BCUT2D eigenvalue weighted by Gasteiger charge is 2.30. The topological polar surface area (TPSA) is 98.6 Å². The lowest BCUT2D eigenvalue weighted by Gasteiger charge is -2.31. The maximum Gasteiger partial charge on any atom is 0.274 e. The Bertz CT molecular complexity index is 793. The number of hydrogen-bond donors (Lipinski definition) is 3. The standard InChI is InChI=1S/C17H21ClN4O3/c1-17(2,22(3)4)16-20-12(13(23)15(25)21-16)14(24)19-9-10-7-5-6-8-11(10)18/h5-8,23H,9H2,1-4H3,(H,19,24)(H,20,21,25). The van der Waals surface area contributed by atoms with Crippen LogP contribution in [0, 0.1) is 0 Å². The van der Waals surface area contributed by atoms with Gasteiger partial charge in [0.05, 0.1) is 5.54 Å². The lowest BCUT2D eigenvalue weighted by Crippen LogP contribution is -2.38. The molecule has 0 saturated heterocycles. The van der Waals surface area contributed by atoms with Crippen molar-refractivity contribution < 1.29 is 15.0 Å². The maximum atomic E-state index is 12.4. The molecule has 3 N–H and O–H groups in total. The van der Waals surface area contributed by atoms with E-state index in [1.807, 2.05) is 32.8 Å². The van der Waals surface area contributed by atoms with E-state index in [-0.39, 0.29) is 18.1 Å². The van der Waals surface area contributed by atoms with Crippen molar-refractivity contribution >= 4 is 17.5 Å². The summed E-state index contributed by atoms with van der Waals surface area (Å²) in [7, 11) is 3.65. The second-order valence-electron chi connectivity index (χ2n) is 6.30. The van der Waals surface area contributed by atoms with Crippen LogP contribution in [0.3, 0.4) is 0 Å². The minimum absolute atomic E-state index is 0.162.